The summed E-state index contributed by atoms with van der Waals surface area (Å²) in [7, 11) is -4.41. The van der Waals surface area contributed by atoms with E-state index in [0.29, 0.717) is 6.42 Å². The third-order valence-electron chi connectivity index (χ3n) is 2.50. The van der Waals surface area contributed by atoms with E-state index in [4.69, 9.17) is 5.73 Å². The third kappa shape index (κ3) is 5.96. The molecule has 0 aromatic rings. The summed E-state index contributed by atoms with van der Waals surface area (Å²) in [6.45, 7) is 8.83. The van der Waals surface area contributed by atoms with Crippen LogP contribution >= 0.6 is 7.60 Å². The molecule has 0 aliphatic carbocycles. The van der Waals surface area contributed by atoms with Crippen LogP contribution in [0.5, 0.6) is 0 Å². The lowest BCUT2D eigenvalue weighted by atomic mass is 9.96. The van der Waals surface area contributed by atoms with Gasteiger partial charge in [-0.25, -0.2) is 0 Å². The van der Waals surface area contributed by atoms with E-state index < -0.39 is 30.7 Å². The van der Waals surface area contributed by atoms with Gasteiger partial charge in [0, 0.05) is 0 Å². The summed E-state index contributed by atoms with van der Waals surface area (Å²) in [6, 6.07) is -0.749. The quantitative estimate of drug-likeness (QED) is 0.562. The second kappa shape index (κ2) is 6.15. The molecule has 18 heavy (non-hydrogen) atoms. The highest BCUT2D eigenvalue weighted by molar-refractivity contribution is 7.52. The van der Waals surface area contributed by atoms with E-state index in [1.165, 1.54) is 0 Å². The molecule has 0 saturated carbocycles. The molecule has 2 unspecified atom stereocenters. The first-order valence-corrected chi connectivity index (χ1v) is 7.65. The van der Waals surface area contributed by atoms with Gasteiger partial charge in [-0.1, -0.05) is 34.6 Å². The standard InChI is InChI=1S/C11H25N2O4P/c1-7(2)6-8(12)9(14)13-10(11(3,4)5)18(15,16)17/h7-8,10H,6,12H2,1-5H3,(H,13,14)(H2,15,16,17). The maximum absolute atomic E-state index is 11.8. The molecule has 0 fully saturated rings. The number of hydrogen-bond acceptors (Lipinski definition) is 3. The van der Waals surface area contributed by atoms with Crippen molar-refractivity contribution in [2.75, 3.05) is 0 Å². The van der Waals surface area contributed by atoms with Gasteiger partial charge in [0.15, 0.2) is 0 Å². The Bertz CT molecular complexity index is 332. The molecule has 108 valence electrons. The van der Waals surface area contributed by atoms with E-state index in [2.05, 4.69) is 5.32 Å². The summed E-state index contributed by atoms with van der Waals surface area (Å²) in [4.78, 5) is 30.4. The molecule has 0 aromatic heterocycles. The molecule has 0 aliphatic heterocycles. The lowest BCUT2D eigenvalue weighted by Crippen LogP contribution is -2.50. The molecular weight excluding hydrogens is 255 g/mol. The summed E-state index contributed by atoms with van der Waals surface area (Å²) >= 11 is 0. The van der Waals surface area contributed by atoms with Crippen LogP contribution in [0, 0.1) is 11.3 Å². The summed E-state index contributed by atoms with van der Waals surface area (Å²) in [5.41, 5.74) is 4.94. The number of nitrogens with one attached hydrogen (secondary N) is 1. The number of hydrogen-bond donors (Lipinski definition) is 4. The zero-order valence-corrected chi connectivity index (χ0v) is 12.6. The molecule has 0 saturated heterocycles. The number of carbonyl (C=O) groups excluding carboxylic acids is 1. The predicted octanol–water partition coefficient (Wildman–Crippen LogP) is 1.03. The number of carbonyl (C=O) groups is 1. The molecule has 0 spiro atoms. The van der Waals surface area contributed by atoms with Crippen LogP contribution in [0.15, 0.2) is 0 Å². The van der Waals surface area contributed by atoms with Crippen LogP contribution in [0.4, 0.5) is 0 Å². The van der Waals surface area contributed by atoms with E-state index >= 15 is 0 Å². The van der Waals surface area contributed by atoms with Gasteiger partial charge in [0.25, 0.3) is 0 Å². The highest BCUT2D eigenvalue weighted by Gasteiger charge is 2.40. The first-order valence-electron chi connectivity index (χ1n) is 5.97. The third-order valence-corrected chi connectivity index (χ3v) is 4.07. The number of amides is 1. The van der Waals surface area contributed by atoms with E-state index in [1.54, 1.807) is 20.8 Å². The average molecular weight is 280 g/mol. The topological polar surface area (TPSA) is 113 Å². The molecule has 1 amide bonds. The van der Waals surface area contributed by atoms with Crippen LogP contribution in [-0.4, -0.2) is 27.5 Å². The van der Waals surface area contributed by atoms with Crippen LogP contribution in [-0.2, 0) is 9.36 Å². The molecule has 6 nitrogen and oxygen atoms in total. The monoisotopic (exact) mass is 280 g/mol. The fourth-order valence-corrected chi connectivity index (χ4v) is 2.97. The molecular formula is C11H25N2O4P. The van der Waals surface area contributed by atoms with Gasteiger partial charge in [-0.3, -0.25) is 9.36 Å². The van der Waals surface area contributed by atoms with Gasteiger partial charge in [-0.15, -0.1) is 0 Å². The Kier molecular flexibility index (Phi) is 6.01. The van der Waals surface area contributed by atoms with E-state index in [9.17, 15) is 19.1 Å². The minimum absolute atomic E-state index is 0.244. The molecule has 0 radical (unpaired) electrons. The molecule has 0 rings (SSSR count). The van der Waals surface area contributed by atoms with Crippen molar-refractivity contribution >= 4 is 13.5 Å². The fourth-order valence-electron chi connectivity index (χ4n) is 1.66. The van der Waals surface area contributed by atoms with Gasteiger partial charge in [-0.05, 0) is 17.8 Å². The molecule has 0 aliphatic rings. The van der Waals surface area contributed by atoms with Crippen LogP contribution in [0.3, 0.4) is 0 Å². The van der Waals surface area contributed by atoms with Crippen LogP contribution < -0.4 is 11.1 Å². The van der Waals surface area contributed by atoms with Crippen molar-refractivity contribution in [2.45, 2.75) is 52.9 Å². The fraction of sp³-hybridized carbons (Fsp3) is 0.909. The molecule has 5 N–H and O–H groups in total. The van der Waals surface area contributed by atoms with Gasteiger partial charge >= 0.3 is 7.60 Å². The van der Waals surface area contributed by atoms with Gasteiger partial charge in [-0.2, -0.15) is 0 Å². The summed E-state index contributed by atoms with van der Waals surface area (Å²) in [5.74, 6) is -1.50. The second-order valence-electron chi connectivity index (χ2n) is 6.10. The Morgan fingerprint density at radius 2 is 1.78 bits per heavy atom. The van der Waals surface area contributed by atoms with Crippen LogP contribution in [0.25, 0.3) is 0 Å². The maximum Gasteiger partial charge on any atom is 0.348 e. The lowest BCUT2D eigenvalue weighted by Gasteiger charge is -2.32. The number of nitrogens with two attached hydrogens (primary N) is 1. The van der Waals surface area contributed by atoms with E-state index in [1.807, 2.05) is 13.8 Å². The van der Waals surface area contributed by atoms with E-state index in [0.717, 1.165) is 0 Å². The minimum atomic E-state index is -4.41. The summed E-state index contributed by atoms with van der Waals surface area (Å²) < 4.78 is 11.4. The van der Waals surface area contributed by atoms with Crippen molar-refractivity contribution in [1.82, 2.24) is 5.32 Å². The van der Waals surface area contributed by atoms with Crippen molar-refractivity contribution in [3.05, 3.63) is 0 Å². The second-order valence-corrected chi connectivity index (χ2v) is 7.80. The highest BCUT2D eigenvalue weighted by atomic mass is 31.2. The SMILES string of the molecule is CC(C)CC(N)C(=O)NC(C(C)(C)C)P(=O)(O)O. The predicted molar refractivity (Wildman–Crippen MR) is 70.9 cm³/mol. The van der Waals surface area contributed by atoms with Gasteiger partial charge < -0.3 is 20.8 Å². The van der Waals surface area contributed by atoms with Crippen LogP contribution in [0.2, 0.25) is 0 Å². The lowest BCUT2D eigenvalue weighted by molar-refractivity contribution is -0.123. The summed E-state index contributed by atoms with van der Waals surface area (Å²) in [5, 5.41) is 2.37. The zero-order chi connectivity index (χ0) is 14.7. The number of rotatable bonds is 5. The Balaban J connectivity index is 4.82. The first-order chi connectivity index (χ1) is 7.85. The van der Waals surface area contributed by atoms with Crippen molar-refractivity contribution in [1.29, 1.82) is 0 Å². The molecule has 0 heterocycles. The first kappa shape index (κ1) is 17.6. The van der Waals surface area contributed by atoms with Gasteiger partial charge in [0.2, 0.25) is 5.91 Å². The minimum Gasteiger partial charge on any atom is -0.340 e. The Morgan fingerprint density at radius 3 is 2.06 bits per heavy atom. The molecule has 0 bridgehead atoms. The molecule has 2 atom stereocenters. The van der Waals surface area contributed by atoms with Crippen molar-refractivity contribution in [2.24, 2.45) is 17.1 Å². The Hall–Kier alpha value is -0.420. The zero-order valence-electron chi connectivity index (χ0n) is 11.7. The average Bonchev–Trinajstić information content (AvgIpc) is 2.08. The van der Waals surface area contributed by atoms with Gasteiger partial charge in [0.05, 0.1) is 6.04 Å². The highest BCUT2D eigenvalue weighted by Crippen LogP contribution is 2.47. The maximum atomic E-state index is 11.8. The van der Waals surface area contributed by atoms with Crippen molar-refractivity contribution in [3.8, 4) is 0 Å². The Labute approximate surface area is 108 Å². The smallest absolute Gasteiger partial charge is 0.340 e. The van der Waals surface area contributed by atoms with Crippen molar-refractivity contribution in [3.63, 3.8) is 0 Å². The summed E-state index contributed by atoms with van der Waals surface area (Å²) in [6.07, 6.45) is 0.476. The van der Waals surface area contributed by atoms with Crippen molar-refractivity contribution < 1.29 is 19.1 Å². The molecule has 0 aromatic carbocycles. The normalized spacial score (nSPS) is 16.5. The van der Waals surface area contributed by atoms with Gasteiger partial charge in [0.1, 0.15) is 5.78 Å². The largest absolute Gasteiger partial charge is 0.348 e. The van der Waals surface area contributed by atoms with Crippen LogP contribution in [0.1, 0.15) is 41.0 Å². The van der Waals surface area contributed by atoms with E-state index in [-0.39, 0.29) is 5.92 Å². The molecule has 7 heteroatoms. The Morgan fingerprint density at radius 1 is 1.33 bits per heavy atom.